The summed E-state index contributed by atoms with van der Waals surface area (Å²) in [5, 5.41) is 2.82. The molecule has 1 fully saturated rings. The first-order valence-electron chi connectivity index (χ1n) is 9.19. The lowest BCUT2D eigenvalue weighted by molar-refractivity contribution is -0.124. The molecule has 2 aromatic rings. The van der Waals surface area contributed by atoms with Crippen LogP contribution in [0.2, 0.25) is 0 Å². The third-order valence-electron chi connectivity index (χ3n) is 5.07. The van der Waals surface area contributed by atoms with Crippen LogP contribution in [-0.4, -0.2) is 36.0 Å². The van der Waals surface area contributed by atoms with Crippen molar-refractivity contribution in [2.45, 2.75) is 31.9 Å². The van der Waals surface area contributed by atoms with Gasteiger partial charge in [-0.3, -0.25) is 9.59 Å². The van der Waals surface area contributed by atoms with Crippen molar-refractivity contribution in [1.29, 1.82) is 0 Å². The van der Waals surface area contributed by atoms with Crippen molar-refractivity contribution in [2.75, 3.05) is 18.5 Å². The molecule has 2 aliphatic rings. The maximum absolute atomic E-state index is 13.5. The Hall–Kier alpha value is -2.73. The lowest BCUT2D eigenvalue weighted by Crippen LogP contribution is -2.36. The molecule has 2 heterocycles. The quantitative estimate of drug-likeness (QED) is 0.906. The van der Waals surface area contributed by atoms with E-state index >= 15 is 0 Å². The zero-order chi connectivity index (χ0) is 18.8. The number of hydrogen-bond acceptors (Lipinski definition) is 3. The number of hydrogen-bond donors (Lipinski definition) is 1. The minimum Gasteiger partial charge on any atom is -0.368 e. The van der Waals surface area contributed by atoms with Gasteiger partial charge in [0.05, 0.1) is 0 Å². The van der Waals surface area contributed by atoms with E-state index in [4.69, 9.17) is 4.74 Å². The van der Waals surface area contributed by atoms with Gasteiger partial charge >= 0.3 is 0 Å². The highest BCUT2D eigenvalue weighted by Gasteiger charge is 2.25. The monoisotopic (exact) mass is 368 g/mol. The minimum atomic E-state index is -0.419. The van der Waals surface area contributed by atoms with E-state index < -0.39 is 6.10 Å². The summed E-state index contributed by atoms with van der Waals surface area (Å²) >= 11 is 0. The summed E-state index contributed by atoms with van der Waals surface area (Å²) in [5.41, 5.74) is 3.00. The van der Waals surface area contributed by atoms with Gasteiger partial charge in [0.2, 0.25) is 0 Å². The predicted octanol–water partition coefficient (Wildman–Crippen LogP) is 3.14. The fourth-order valence-corrected chi connectivity index (χ4v) is 3.62. The summed E-state index contributed by atoms with van der Waals surface area (Å²) in [6, 6.07) is 11.6. The molecule has 2 amide bonds. The second-order valence-electron chi connectivity index (χ2n) is 6.96. The maximum atomic E-state index is 13.5. The normalized spacial score (nSPS) is 18.9. The number of ether oxygens (including phenoxy) is 1. The van der Waals surface area contributed by atoms with Gasteiger partial charge in [0.1, 0.15) is 11.9 Å². The number of benzene rings is 2. The van der Waals surface area contributed by atoms with Crippen LogP contribution in [0.1, 0.15) is 34.3 Å². The molecule has 1 N–H and O–H groups in total. The topological polar surface area (TPSA) is 58.6 Å². The Kier molecular flexibility index (Phi) is 4.90. The van der Waals surface area contributed by atoms with Crippen molar-refractivity contribution >= 4 is 17.5 Å². The van der Waals surface area contributed by atoms with Gasteiger partial charge in [-0.05, 0) is 60.7 Å². The third kappa shape index (κ3) is 3.85. The van der Waals surface area contributed by atoms with Crippen LogP contribution in [0.25, 0.3) is 0 Å². The van der Waals surface area contributed by atoms with Gasteiger partial charge in [-0.15, -0.1) is 0 Å². The largest absolute Gasteiger partial charge is 0.368 e. The van der Waals surface area contributed by atoms with Crippen LogP contribution in [0, 0.1) is 5.82 Å². The number of nitrogens with one attached hydrogen (secondary N) is 1. The second-order valence-corrected chi connectivity index (χ2v) is 6.96. The van der Waals surface area contributed by atoms with Crippen molar-refractivity contribution in [2.24, 2.45) is 0 Å². The SMILES string of the molecule is O=C(Nc1cccc(C(=O)N2CCc3ccc(F)cc3C2)c1)C1CCCO1. The smallest absolute Gasteiger partial charge is 0.254 e. The van der Waals surface area contributed by atoms with Crippen LogP contribution in [-0.2, 0) is 22.5 Å². The van der Waals surface area contributed by atoms with Gasteiger partial charge in [0, 0.05) is 30.9 Å². The molecule has 0 radical (unpaired) electrons. The number of fused-ring (bicyclic) bond motifs is 1. The van der Waals surface area contributed by atoms with E-state index in [9.17, 15) is 14.0 Å². The summed E-state index contributed by atoms with van der Waals surface area (Å²) in [6.45, 7) is 1.58. The van der Waals surface area contributed by atoms with Crippen LogP contribution >= 0.6 is 0 Å². The highest BCUT2D eigenvalue weighted by Crippen LogP contribution is 2.23. The van der Waals surface area contributed by atoms with E-state index in [1.54, 1.807) is 35.2 Å². The highest BCUT2D eigenvalue weighted by molar-refractivity contribution is 5.98. The lowest BCUT2D eigenvalue weighted by Gasteiger charge is -2.29. The fraction of sp³-hybridized carbons (Fsp3) is 0.333. The molecule has 140 valence electrons. The Bertz CT molecular complexity index is 877. The van der Waals surface area contributed by atoms with Crippen LogP contribution in [0.3, 0.4) is 0 Å². The third-order valence-corrected chi connectivity index (χ3v) is 5.07. The number of amides is 2. The van der Waals surface area contributed by atoms with Gasteiger partial charge in [-0.2, -0.15) is 0 Å². The highest BCUT2D eigenvalue weighted by atomic mass is 19.1. The van der Waals surface area contributed by atoms with Crippen molar-refractivity contribution in [3.8, 4) is 0 Å². The molecule has 1 unspecified atom stereocenters. The average Bonchev–Trinajstić information content (AvgIpc) is 3.22. The number of rotatable bonds is 3. The molecule has 1 atom stereocenters. The first-order valence-corrected chi connectivity index (χ1v) is 9.19. The molecule has 6 heteroatoms. The summed E-state index contributed by atoms with van der Waals surface area (Å²) in [4.78, 5) is 26.8. The first kappa shape index (κ1) is 17.7. The minimum absolute atomic E-state index is 0.127. The molecule has 2 aromatic carbocycles. The molecule has 2 aliphatic heterocycles. The van der Waals surface area contributed by atoms with E-state index in [1.165, 1.54) is 12.1 Å². The molecule has 0 aliphatic carbocycles. The van der Waals surface area contributed by atoms with Crippen LogP contribution in [0.5, 0.6) is 0 Å². The van der Waals surface area contributed by atoms with Crippen molar-refractivity contribution in [3.05, 3.63) is 65.0 Å². The van der Waals surface area contributed by atoms with E-state index in [-0.39, 0.29) is 17.6 Å². The molecule has 0 aromatic heterocycles. The number of anilines is 1. The maximum Gasteiger partial charge on any atom is 0.254 e. The average molecular weight is 368 g/mol. The Morgan fingerprint density at radius 3 is 2.85 bits per heavy atom. The fourth-order valence-electron chi connectivity index (χ4n) is 3.62. The summed E-state index contributed by atoms with van der Waals surface area (Å²) in [7, 11) is 0. The van der Waals surface area contributed by atoms with E-state index in [1.807, 2.05) is 0 Å². The molecule has 4 rings (SSSR count). The zero-order valence-corrected chi connectivity index (χ0v) is 14.9. The summed E-state index contributed by atoms with van der Waals surface area (Å²) in [5.74, 6) is -0.598. The Morgan fingerprint density at radius 2 is 2.04 bits per heavy atom. The molecule has 0 bridgehead atoms. The number of carbonyl (C=O) groups is 2. The summed E-state index contributed by atoms with van der Waals surface area (Å²) < 4.78 is 18.9. The predicted molar refractivity (Wildman–Crippen MR) is 98.9 cm³/mol. The van der Waals surface area contributed by atoms with Crippen LogP contribution < -0.4 is 5.32 Å². The van der Waals surface area contributed by atoms with E-state index in [0.29, 0.717) is 43.8 Å². The van der Waals surface area contributed by atoms with E-state index in [0.717, 1.165) is 17.5 Å². The van der Waals surface area contributed by atoms with Gasteiger partial charge < -0.3 is 15.0 Å². The van der Waals surface area contributed by atoms with Crippen LogP contribution in [0.15, 0.2) is 42.5 Å². The molecular weight excluding hydrogens is 347 g/mol. The van der Waals surface area contributed by atoms with Gasteiger partial charge in [-0.25, -0.2) is 4.39 Å². The molecule has 0 spiro atoms. The van der Waals surface area contributed by atoms with Crippen molar-refractivity contribution in [1.82, 2.24) is 4.90 Å². The number of carbonyl (C=O) groups excluding carboxylic acids is 2. The Labute approximate surface area is 157 Å². The number of nitrogens with zero attached hydrogens (tertiary/aromatic N) is 1. The molecule has 27 heavy (non-hydrogen) atoms. The van der Waals surface area contributed by atoms with E-state index in [2.05, 4.69) is 5.32 Å². The van der Waals surface area contributed by atoms with Crippen molar-refractivity contribution < 1.29 is 18.7 Å². The first-order chi connectivity index (χ1) is 13.1. The lowest BCUT2D eigenvalue weighted by atomic mass is 9.99. The Morgan fingerprint density at radius 1 is 1.15 bits per heavy atom. The number of halogens is 1. The van der Waals surface area contributed by atoms with Gasteiger partial charge in [-0.1, -0.05) is 12.1 Å². The molecule has 1 saturated heterocycles. The van der Waals surface area contributed by atoms with Gasteiger partial charge in [0.25, 0.3) is 11.8 Å². The van der Waals surface area contributed by atoms with Gasteiger partial charge in [0.15, 0.2) is 0 Å². The Balaban J connectivity index is 1.47. The van der Waals surface area contributed by atoms with Crippen LogP contribution in [0.4, 0.5) is 10.1 Å². The molecule has 5 nitrogen and oxygen atoms in total. The zero-order valence-electron chi connectivity index (χ0n) is 14.9. The second kappa shape index (κ2) is 7.48. The molecule has 0 saturated carbocycles. The standard InChI is InChI=1S/C21H21FN2O3/c22-17-7-6-14-8-9-24(13-16(14)11-17)21(26)15-3-1-4-18(12-15)23-20(25)19-5-2-10-27-19/h1,3-4,6-7,11-12,19H,2,5,8-10,13H2,(H,23,25). The molecular formula is C21H21FN2O3. The summed E-state index contributed by atoms with van der Waals surface area (Å²) in [6.07, 6.45) is 1.89. The van der Waals surface area contributed by atoms with Crippen molar-refractivity contribution in [3.63, 3.8) is 0 Å².